The van der Waals surface area contributed by atoms with E-state index in [0.717, 1.165) is 86.1 Å². The van der Waals surface area contributed by atoms with Gasteiger partial charge in [-0.3, -0.25) is 14.8 Å². The molecule has 21 atom stereocenters. The van der Waals surface area contributed by atoms with E-state index in [-0.39, 0.29) is 53.4 Å². The average molecular weight is 911 g/mol. The molecule has 5 N–H and O–H groups in total. The van der Waals surface area contributed by atoms with Crippen molar-refractivity contribution in [2.24, 2.45) is 74.9 Å². The molecular weight excluding hydrogens is 837 g/mol. The maximum Gasteiger partial charge on any atom is 0.201 e. The lowest BCUT2D eigenvalue weighted by molar-refractivity contribution is -0.336. The molecule has 0 radical (unpaired) electrons. The van der Waals surface area contributed by atoms with Gasteiger partial charge >= 0.3 is 0 Å². The van der Waals surface area contributed by atoms with E-state index < -0.39 is 69.5 Å². The van der Waals surface area contributed by atoms with Crippen molar-refractivity contribution in [1.82, 2.24) is 9.97 Å². The maximum absolute atomic E-state index is 14.9. The molecule has 4 saturated heterocycles. The Balaban J connectivity index is 0.762. The first-order valence-corrected chi connectivity index (χ1v) is 26.0. The van der Waals surface area contributed by atoms with Gasteiger partial charge in [0.2, 0.25) is 5.79 Å². The van der Waals surface area contributed by atoms with Crippen LogP contribution in [-0.4, -0.2) is 107 Å². The molecule has 1 aromatic rings. The van der Waals surface area contributed by atoms with Crippen LogP contribution in [0.15, 0.2) is 23.3 Å². The number of nitrogens with zero attached hydrogens (tertiary/aromatic N) is 2. The van der Waals surface area contributed by atoms with Crippen LogP contribution in [0.25, 0.3) is 0 Å². The molecule has 13 rings (SSSR count). The SMILES string of the molecule is CC1[C@H]2CC=C3[C@@H]4CC[C@H]5Cc6nc7c(nc6C[C@]5(C)[C@H]4CC(=O)C32COC12OC(C)(C)C[C@H]2O)C[C@@H]1CC[C@H]2C3=C[C@@H]4OC5(O[C@](C)(CO)C[C@H]5O)C(C)[C@]4(O)[C@@]3(C)[C@H](O)C[C@@H]2[C@@]1(C)C7. The molecule has 0 aromatic carbocycles. The van der Waals surface area contributed by atoms with E-state index in [1.807, 2.05) is 27.7 Å². The van der Waals surface area contributed by atoms with Crippen molar-refractivity contribution < 1.29 is 49.3 Å². The first kappa shape index (κ1) is 43.9. The molecule has 4 saturated carbocycles. The maximum atomic E-state index is 14.9. The first-order valence-electron chi connectivity index (χ1n) is 26.0. The fourth-order valence-corrected chi connectivity index (χ4v) is 19.3. The Bertz CT molecular complexity index is 2390. The topological polar surface area (TPSA) is 181 Å². The van der Waals surface area contributed by atoms with Crippen molar-refractivity contribution in [3.63, 3.8) is 0 Å². The number of aliphatic hydroxyl groups is 5. The Labute approximate surface area is 389 Å². The molecule has 0 amide bonds. The van der Waals surface area contributed by atoms with Crippen molar-refractivity contribution in [3.05, 3.63) is 46.1 Å². The number of ether oxygens (including phenoxy) is 4. The second kappa shape index (κ2) is 13.2. The fraction of sp³-hybridized carbons (Fsp3) is 0.833. The summed E-state index contributed by atoms with van der Waals surface area (Å²) in [5, 5.41) is 58.3. The summed E-state index contributed by atoms with van der Waals surface area (Å²) in [5.41, 5.74) is 2.15. The van der Waals surface area contributed by atoms with Gasteiger partial charge in [0.25, 0.3) is 0 Å². The second-order valence-electron chi connectivity index (χ2n) is 26.1. The van der Waals surface area contributed by atoms with Crippen molar-refractivity contribution in [2.45, 2.75) is 192 Å². The van der Waals surface area contributed by atoms with Crippen LogP contribution in [0, 0.1) is 74.9 Å². The molecular formula is C54H74N2O10. The van der Waals surface area contributed by atoms with Gasteiger partial charge in [-0.25, -0.2) is 0 Å². The Morgan fingerprint density at radius 1 is 0.727 bits per heavy atom. The summed E-state index contributed by atoms with van der Waals surface area (Å²) in [4.78, 5) is 26.1. The summed E-state index contributed by atoms with van der Waals surface area (Å²) in [6.45, 7) is 16.8. The third-order valence-electron chi connectivity index (χ3n) is 22.9. The van der Waals surface area contributed by atoms with Gasteiger partial charge in [0.1, 0.15) is 29.7 Å². The van der Waals surface area contributed by atoms with Gasteiger partial charge in [0, 0.05) is 36.5 Å². The zero-order valence-corrected chi connectivity index (χ0v) is 40.4. The van der Waals surface area contributed by atoms with Crippen LogP contribution in [0.1, 0.15) is 136 Å². The summed E-state index contributed by atoms with van der Waals surface area (Å²) < 4.78 is 26.3. The molecule has 0 bridgehead atoms. The minimum absolute atomic E-state index is 0.0632. The second-order valence-corrected chi connectivity index (χ2v) is 26.1. The highest BCUT2D eigenvalue weighted by Crippen LogP contribution is 2.72. The molecule has 8 fully saturated rings. The molecule has 5 unspecified atom stereocenters. The molecule has 4 aliphatic heterocycles. The van der Waals surface area contributed by atoms with E-state index in [2.05, 4.69) is 32.9 Å². The van der Waals surface area contributed by atoms with Gasteiger partial charge in [-0.15, -0.1) is 0 Å². The fourth-order valence-electron chi connectivity index (χ4n) is 19.3. The van der Waals surface area contributed by atoms with Crippen molar-refractivity contribution >= 4 is 5.78 Å². The monoisotopic (exact) mass is 911 g/mol. The number of rotatable bonds is 1. The van der Waals surface area contributed by atoms with Crippen LogP contribution in [0.5, 0.6) is 0 Å². The van der Waals surface area contributed by atoms with E-state index in [4.69, 9.17) is 28.9 Å². The minimum Gasteiger partial charge on any atom is -0.393 e. The number of fused-ring (bicyclic) bond motifs is 13. The minimum atomic E-state index is -1.49. The van der Waals surface area contributed by atoms with Crippen molar-refractivity contribution in [2.75, 3.05) is 13.2 Å². The summed E-state index contributed by atoms with van der Waals surface area (Å²) >= 11 is 0. The quantitative estimate of drug-likeness (QED) is 0.224. The highest BCUT2D eigenvalue weighted by molar-refractivity contribution is 5.91. The Morgan fingerprint density at radius 2 is 1.35 bits per heavy atom. The Morgan fingerprint density at radius 3 is 1.95 bits per heavy atom. The van der Waals surface area contributed by atoms with E-state index in [1.165, 1.54) is 5.57 Å². The smallest absolute Gasteiger partial charge is 0.201 e. The molecule has 12 heteroatoms. The molecule has 1 aromatic heterocycles. The highest BCUT2D eigenvalue weighted by Gasteiger charge is 2.79. The van der Waals surface area contributed by atoms with Crippen molar-refractivity contribution in [1.29, 1.82) is 0 Å². The van der Waals surface area contributed by atoms with E-state index in [1.54, 1.807) is 6.92 Å². The number of aliphatic hydroxyl groups excluding tert-OH is 4. The van der Waals surface area contributed by atoms with Crippen molar-refractivity contribution in [3.8, 4) is 0 Å². The van der Waals surface area contributed by atoms with Gasteiger partial charge < -0.3 is 44.5 Å². The highest BCUT2D eigenvalue weighted by atomic mass is 16.7. The largest absolute Gasteiger partial charge is 0.393 e. The lowest BCUT2D eigenvalue weighted by Gasteiger charge is -2.61. The molecule has 12 nitrogen and oxygen atoms in total. The van der Waals surface area contributed by atoms with Crippen LogP contribution in [0.3, 0.4) is 0 Å². The number of carbonyl (C=O) groups excluding carboxylic acids is 1. The van der Waals surface area contributed by atoms with Gasteiger partial charge in [-0.2, -0.15) is 0 Å². The van der Waals surface area contributed by atoms with Gasteiger partial charge in [0.05, 0.1) is 58.7 Å². The summed E-state index contributed by atoms with van der Waals surface area (Å²) in [7, 11) is 0. The van der Waals surface area contributed by atoms with Crippen LogP contribution in [-0.2, 0) is 49.4 Å². The van der Waals surface area contributed by atoms with Crippen LogP contribution >= 0.6 is 0 Å². The van der Waals surface area contributed by atoms with Gasteiger partial charge in [-0.05, 0) is 137 Å². The third-order valence-corrected chi connectivity index (χ3v) is 22.9. The molecule has 66 heavy (non-hydrogen) atoms. The number of aromatic nitrogens is 2. The number of hydrogen-bond acceptors (Lipinski definition) is 12. The van der Waals surface area contributed by atoms with E-state index in [0.29, 0.717) is 49.4 Å². The van der Waals surface area contributed by atoms with Crippen LogP contribution in [0.4, 0.5) is 0 Å². The molecule has 360 valence electrons. The van der Waals surface area contributed by atoms with E-state index >= 15 is 0 Å². The van der Waals surface area contributed by atoms with E-state index in [9.17, 15) is 30.3 Å². The molecule has 8 aliphatic carbocycles. The van der Waals surface area contributed by atoms with Crippen LogP contribution < -0.4 is 0 Å². The lowest BCUT2D eigenvalue weighted by Crippen LogP contribution is -2.65. The number of Topliss-reactive ketones (excluding diaryl/α,β-unsaturated/α-hetero) is 1. The lowest BCUT2D eigenvalue weighted by atomic mass is 9.44. The summed E-state index contributed by atoms with van der Waals surface area (Å²) in [6, 6.07) is 0. The average Bonchev–Trinajstić information content (AvgIpc) is 3.98. The zero-order valence-electron chi connectivity index (χ0n) is 40.4. The standard InChI is InChI=1S/C54H74N2O10/c1-26-32-13-14-33-30-11-9-28-15-37-40(21-49(28,7)35(30)18-42(59)51(32,33)25-63-53(26)43(60)22-46(3,4)65-53)56-38-16-29-10-12-31-34(48(29,6)20-39(38)55-37)17-41(58)50(8)36(31)19-45-52(50,62)27(2)54(64-45)44(61)23-47(5,24-57)66-54/h14,19,26-32,34-35,41,43-45,57-58,60-62H,9-13,15-18,20-25H2,1-8H3/t26?,27?,28-,29-,30-,31+,32+,34-,35-,41+,43+,44+,45-,47-,48-,49-,50+,51?,52+,53?,54?/m0/s1. The predicted molar refractivity (Wildman–Crippen MR) is 240 cm³/mol. The first-order chi connectivity index (χ1) is 31.0. The number of allylic oxidation sites excluding steroid dienone is 1. The molecule has 5 heterocycles. The van der Waals surface area contributed by atoms with Crippen LogP contribution in [0.2, 0.25) is 0 Å². The summed E-state index contributed by atoms with van der Waals surface area (Å²) in [5.74, 6) is -1.19. The Hall–Kier alpha value is -2.13. The predicted octanol–water partition coefficient (Wildman–Crippen LogP) is 5.50. The summed E-state index contributed by atoms with van der Waals surface area (Å²) in [6.07, 6.45) is 11.4. The number of hydrogen-bond donors (Lipinski definition) is 5. The molecule has 12 aliphatic rings. The zero-order chi connectivity index (χ0) is 46.3. The number of ketones is 1. The van der Waals surface area contributed by atoms with Gasteiger partial charge in [0.15, 0.2) is 5.79 Å². The van der Waals surface area contributed by atoms with Gasteiger partial charge in [-0.1, -0.05) is 57.9 Å². The normalized spacial score (nSPS) is 56.8. The molecule has 3 spiro atoms. The third kappa shape index (κ3) is 4.97. The number of carbonyl (C=O) groups is 1. The Kier molecular flexibility index (Phi) is 8.79.